The predicted molar refractivity (Wildman–Crippen MR) is 105 cm³/mol. The number of ether oxygens (including phenoxy) is 1. The highest BCUT2D eigenvalue weighted by Crippen LogP contribution is 2.39. The van der Waals surface area contributed by atoms with Gasteiger partial charge in [-0.05, 0) is 49.3 Å². The van der Waals surface area contributed by atoms with Crippen LogP contribution < -0.4 is 10.6 Å². The minimum atomic E-state index is -0.819. The number of anilines is 1. The lowest BCUT2D eigenvalue weighted by molar-refractivity contribution is 0.0937. The molecule has 27 heavy (non-hydrogen) atoms. The Morgan fingerprint density at radius 1 is 1.19 bits per heavy atom. The number of rotatable bonds is 3. The molecule has 0 fully saturated rings. The van der Waals surface area contributed by atoms with Gasteiger partial charge in [0.15, 0.2) is 0 Å². The van der Waals surface area contributed by atoms with Crippen LogP contribution in [0.15, 0.2) is 24.3 Å². The van der Waals surface area contributed by atoms with Gasteiger partial charge in [0.1, 0.15) is 5.00 Å². The third kappa shape index (κ3) is 4.03. The van der Waals surface area contributed by atoms with Gasteiger partial charge < -0.3 is 10.1 Å². The Bertz CT molecular complexity index is 903. The van der Waals surface area contributed by atoms with E-state index in [1.807, 2.05) is 19.1 Å². The summed E-state index contributed by atoms with van der Waals surface area (Å²) in [5.74, 6) is -0.298. The van der Waals surface area contributed by atoms with Crippen molar-refractivity contribution in [1.29, 1.82) is 0 Å². The fraction of sp³-hybridized carbons (Fsp3) is 0.350. The molecule has 1 aromatic carbocycles. The van der Waals surface area contributed by atoms with Crippen molar-refractivity contribution in [3.8, 4) is 0 Å². The van der Waals surface area contributed by atoms with Crippen molar-refractivity contribution in [2.75, 3.05) is 12.4 Å². The molecule has 0 aliphatic heterocycles. The summed E-state index contributed by atoms with van der Waals surface area (Å²) in [4.78, 5) is 38.0. The van der Waals surface area contributed by atoms with Gasteiger partial charge in [0.25, 0.3) is 11.8 Å². The molecule has 0 radical (unpaired) electrons. The van der Waals surface area contributed by atoms with E-state index in [1.54, 1.807) is 12.1 Å². The second kappa shape index (κ2) is 7.92. The lowest BCUT2D eigenvalue weighted by atomic mass is 9.88. The molecule has 2 N–H and O–H groups in total. The molecular weight excluding hydrogens is 364 g/mol. The summed E-state index contributed by atoms with van der Waals surface area (Å²) in [6.07, 6.45) is 1.75. The van der Waals surface area contributed by atoms with E-state index >= 15 is 0 Å². The standard InChI is InChI=1S/C20H22N2O4S/c1-11-8-9-14-15(10-11)27-19(16(14)18(24)22-20(25)26-3)21-17(23)13-7-5-4-6-12(13)2/h4-7,11H,8-10H2,1-3H3,(H,21,23)(H,22,24,25)/t11-/m1/s1. The monoisotopic (exact) mass is 386 g/mol. The maximum Gasteiger partial charge on any atom is 0.413 e. The van der Waals surface area contributed by atoms with Crippen LogP contribution in [0.2, 0.25) is 0 Å². The molecule has 0 spiro atoms. The Hall–Kier alpha value is -2.67. The van der Waals surface area contributed by atoms with Crippen LogP contribution in [0.25, 0.3) is 0 Å². The Labute approximate surface area is 161 Å². The predicted octanol–water partition coefficient (Wildman–Crippen LogP) is 3.93. The summed E-state index contributed by atoms with van der Waals surface area (Å²) in [6.45, 7) is 4.03. The summed E-state index contributed by atoms with van der Waals surface area (Å²) in [7, 11) is 1.20. The Morgan fingerprint density at radius 3 is 2.63 bits per heavy atom. The molecule has 2 aromatic rings. The Balaban J connectivity index is 1.96. The number of amides is 3. The second-order valence-corrected chi connectivity index (χ2v) is 7.88. The van der Waals surface area contributed by atoms with Gasteiger partial charge in [-0.25, -0.2) is 4.79 Å². The van der Waals surface area contributed by atoms with E-state index in [1.165, 1.54) is 18.4 Å². The smallest absolute Gasteiger partial charge is 0.413 e. The zero-order chi connectivity index (χ0) is 19.6. The van der Waals surface area contributed by atoms with Crippen LogP contribution in [0.1, 0.15) is 50.1 Å². The normalized spacial score (nSPS) is 15.6. The van der Waals surface area contributed by atoms with Crippen molar-refractivity contribution in [2.45, 2.75) is 33.1 Å². The van der Waals surface area contributed by atoms with Gasteiger partial charge >= 0.3 is 6.09 Å². The number of hydrogen-bond acceptors (Lipinski definition) is 5. The average molecular weight is 386 g/mol. The van der Waals surface area contributed by atoms with E-state index < -0.39 is 12.0 Å². The molecule has 1 aliphatic rings. The first-order valence-electron chi connectivity index (χ1n) is 8.81. The third-order valence-corrected chi connectivity index (χ3v) is 5.93. The molecule has 3 rings (SSSR count). The van der Waals surface area contributed by atoms with Crippen LogP contribution in [-0.2, 0) is 17.6 Å². The summed E-state index contributed by atoms with van der Waals surface area (Å²) < 4.78 is 4.53. The van der Waals surface area contributed by atoms with E-state index in [0.717, 1.165) is 35.3 Å². The molecular formula is C20H22N2O4S. The Morgan fingerprint density at radius 2 is 1.93 bits per heavy atom. The number of fused-ring (bicyclic) bond motifs is 1. The van der Waals surface area contributed by atoms with Crippen molar-refractivity contribution in [3.05, 3.63) is 51.4 Å². The van der Waals surface area contributed by atoms with Gasteiger partial charge in [0, 0.05) is 10.4 Å². The number of methoxy groups -OCH3 is 1. The zero-order valence-corrected chi connectivity index (χ0v) is 16.4. The van der Waals surface area contributed by atoms with Crippen LogP contribution in [0.5, 0.6) is 0 Å². The first-order chi connectivity index (χ1) is 12.9. The number of imide groups is 1. The average Bonchev–Trinajstić information content (AvgIpc) is 2.98. The molecule has 1 aliphatic carbocycles. The molecule has 0 unspecified atom stereocenters. The molecule has 1 heterocycles. The number of aryl methyl sites for hydroxylation is 1. The van der Waals surface area contributed by atoms with E-state index in [0.29, 0.717) is 22.0 Å². The number of nitrogens with one attached hydrogen (secondary N) is 2. The minimum absolute atomic E-state index is 0.271. The lowest BCUT2D eigenvalue weighted by Gasteiger charge is -2.18. The van der Waals surface area contributed by atoms with E-state index in [-0.39, 0.29) is 5.91 Å². The highest BCUT2D eigenvalue weighted by Gasteiger charge is 2.29. The van der Waals surface area contributed by atoms with Crippen molar-refractivity contribution in [2.24, 2.45) is 5.92 Å². The largest absolute Gasteiger partial charge is 0.453 e. The first kappa shape index (κ1) is 19.1. The van der Waals surface area contributed by atoms with E-state index in [2.05, 4.69) is 22.3 Å². The molecule has 1 aromatic heterocycles. The molecule has 142 valence electrons. The van der Waals surface area contributed by atoms with Crippen molar-refractivity contribution < 1.29 is 19.1 Å². The molecule has 7 heteroatoms. The van der Waals surface area contributed by atoms with Gasteiger partial charge in [-0.2, -0.15) is 0 Å². The quantitative estimate of drug-likeness (QED) is 0.837. The summed E-state index contributed by atoms with van der Waals surface area (Å²) in [5, 5.41) is 5.57. The molecule has 0 bridgehead atoms. The second-order valence-electron chi connectivity index (χ2n) is 6.77. The third-order valence-electron chi connectivity index (χ3n) is 4.76. The van der Waals surface area contributed by atoms with Gasteiger partial charge in [-0.3, -0.25) is 14.9 Å². The van der Waals surface area contributed by atoms with E-state index in [9.17, 15) is 14.4 Å². The van der Waals surface area contributed by atoms with Crippen molar-refractivity contribution in [1.82, 2.24) is 5.32 Å². The Kier molecular flexibility index (Phi) is 5.60. The van der Waals surface area contributed by atoms with Crippen LogP contribution in [0, 0.1) is 12.8 Å². The van der Waals surface area contributed by atoms with Crippen LogP contribution in [0.3, 0.4) is 0 Å². The molecule has 0 saturated heterocycles. The molecule has 3 amide bonds. The van der Waals surface area contributed by atoms with Gasteiger partial charge in [0.05, 0.1) is 12.7 Å². The number of carbonyl (C=O) groups is 3. The lowest BCUT2D eigenvalue weighted by Crippen LogP contribution is -2.31. The van der Waals surface area contributed by atoms with Gasteiger partial charge in [-0.15, -0.1) is 11.3 Å². The zero-order valence-electron chi connectivity index (χ0n) is 15.5. The fourth-order valence-corrected chi connectivity index (χ4v) is 4.69. The van der Waals surface area contributed by atoms with Crippen molar-refractivity contribution in [3.63, 3.8) is 0 Å². The summed E-state index contributed by atoms with van der Waals surface area (Å²) in [6, 6.07) is 7.27. The van der Waals surface area contributed by atoms with Crippen molar-refractivity contribution >= 4 is 34.2 Å². The molecule has 0 saturated carbocycles. The minimum Gasteiger partial charge on any atom is -0.453 e. The summed E-state index contributed by atoms with van der Waals surface area (Å²) in [5.41, 5.74) is 2.69. The topological polar surface area (TPSA) is 84.5 Å². The number of thiophene rings is 1. The van der Waals surface area contributed by atoms with E-state index in [4.69, 9.17) is 0 Å². The number of benzene rings is 1. The summed E-state index contributed by atoms with van der Waals surface area (Å²) >= 11 is 1.41. The number of hydrogen-bond donors (Lipinski definition) is 2. The number of carbonyl (C=O) groups excluding carboxylic acids is 3. The maximum absolute atomic E-state index is 12.7. The molecule has 1 atom stereocenters. The molecule has 6 nitrogen and oxygen atoms in total. The maximum atomic E-state index is 12.7. The number of alkyl carbamates (subject to hydrolysis) is 1. The van der Waals surface area contributed by atoms with Gasteiger partial charge in [0.2, 0.25) is 0 Å². The van der Waals surface area contributed by atoms with Gasteiger partial charge in [-0.1, -0.05) is 25.1 Å². The van der Waals surface area contributed by atoms with Crippen LogP contribution in [0.4, 0.5) is 9.80 Å². The highest BCUT2D eigenvalue weighted by atomic mass is 32.1. The highest BCUT2D eigenvalue weighted by molar-refractivity contribution is 7.17. The SMILES string of the molecule is COC(=O)NC(=O)c1c(NC(=O)c2ccccc2C)sc2c1CC[C@@H](C)C2. The van der Waals surface area contributed by atoms with Crippen LogP contribution in [-0.4, -0.2) is 25.0 Å². The fourth-order valence-electron chi connectivity index (χ4n) is 3.28. The van der Waals surface area contributed by atoms with Crippen LogP contribution >= 0.6 is 11.3 Å². The first-order valence-corrected chi connectivity index (χ1v) is 9.63.